The number of anilines is 2. The molecule has 1 amide bonds. The van der Waals surface area contributed by atoms with Crippen molar-refractivity contribution in [2.75, 3.05) is 16.7 Å². The molecule has 35 heavy (non-hydrogen) atoms. The first kappa shape index (κ1) is 24.1. The summed E-state index contributed by atoms with van der Waals surface area (Å²) in [5.74, 6) is -2.29. The van der Waals surface area contributed by atoms with E-state index in [1.165, 1.54) is 43.4 Å². The monoisotopic (exact) mass is 492 g/mol. The number of benzene rings is 4. The minimum absolute atomic E-state index is 0.146. The standard InChI is InChI=1S/C27H22F2N2O3S/c1-18-8-14-23(15-9-18)35(33,34)31(2)22-12-10-20(11-13-22)27(32)30-26-24(16-21(28)17-25(26)29)19-6-4-3-5-7-19/h3-17H,1-2H3,(H,30,32). The Bertz CT molecular complexity index is 1470. The summed E-state index contributed by atoms with van der Waals surface area (Å²) in [6.45, 7) is 1.87. The van der Waals surface area contributed by atoms with Gasteiger partial charge in [0, 0.05) is 24.2 Å². The predicted octanol–water partition coefficient (Wildman–Crippen LogP) is 6.02. The van der Waals surface area contributed by atoms with Gasteiger partial charge in [-0.05, 0) is 55.0 Å². The van der Waals surface area contributed by atoms with E-state index in [9.17, 15) is 22.0 Å². The van der Waals surface area contributed by atoms with Crippen molar-refractivity contribution >= 4 is 27.3 Å². The largest absolute Gasteiger partial charge is 0.319 e. The van der Waals surface area contributed by atoms with Crippen molar-refractivity contribution in [1.82, 2.24) is 0 Å². The molecule has 4 rings (SSSR count). The molecule has 0 aliphatic carbocycles. The highest BCUT2D eigenvalue weighted by Crippen LogP contribution is 2.32. The topological polar surface area (TPSA) is 66.5 Å². The van der Waals surface area contributed by atoms with E-state index in [1.807, 2.05) is 6.92 Å². The van der Waals surface area contributed by atoms with Crippen LogP contribution in [0.15, 0.2) is 95.9 Å². The van der Waals surface area contributed by atoms with Crippen LogP contribution in [0.1, 0.15) is 15.9 Å². The minimum atomic E-state index is -3.79. The number of carbonyl (C=O) groups is 1. The van der Waals surface area contributed by atoms with Gasteiger partial charge in [-0.2, -0.15) is 0 Å². The highest BCUT2D eigenvalue weighted by Gasteiger charge is 2.22. The molecule has 5 nitrogen and oxygen atoms in total. The maximum Gasteiger partial charge on any atom is 0.264 e. The van der Waals surface area contributed by atoms with Crippen molar-refractivity contribution in [2.24, 2.45) is 0 Å². The number of carbonyl (C=O) groups excluding carboxylic acids is 1. The summed E-state index contributed by atoms with van der Waals surface area (Å²) >= 11 is 0. The number of hydrogen-bond donors (Lipinski definition) is 1. The smallest absolute Gasteiger partial charge is 0.264 e. The maximum absolute atomic E-state index is 14.6. The van der Waals surface area contributed by atoms with Gasteiger partial charge in [-0.1, -0.05) is 48.0 Å². The lowest BCUT2D eigenvalue weighted by molar-refractivity contribution is 0.102. The highest BCUT2D eigenvalue weighted by atomic mass is 32.2. The quantitative estimate of drug-likeness (QED) is 0.358. The number of nitrogens with one attached hydrogen (secondary N) is 1. The lowest BCUT2D eigenvalue weighted by Crippen LogP contribution is -2.26. The number of halogens is 2. The summed E-state index contributed by atoms with van der Waals surface area (Å²) in [7, 11) is -2.37. The second-order valence-corrected chi connectivity index (χ2v) is 9.93. The van der Waals surface area contributed by atoms with Gasteiger partial charge >= 0.3 is 0 Å². The third-order valence-electron chi connectivity index (χ3n) is 5.55. The van der Waals surface area contributed by atoms with Gasteiger partial charge in [0.1, 0.15) is 11.6 Å². The van der Waals surface area contributed by atoms with Crippen molar-refractivity contribution in [3.8, 4) is 11.1 Å². The Labute approximate surface area is 202 Å². The first-order valence-electron chi connectivity index (χ1n) is 10.7. The third-order valence-corrected chi connectivity index (χ3v) is 7.35. The molecule has 4 aromatic rings. The number of nitrogens with zero attached hydrogens (tertiary/aromatic N) is 1. The maximum atomic E-state index is 14.6. The Balaban J connectivity index is 1.58. The summed E-state index contributed by atoms with van der Waals surface area (Å²) in [6, 6.07) is 22.8. The van der Waals surface area contributed by atoms with E-state index in [0.717, 1.165) is 15.9 Å². The minimum Gasteiger partial charge on any atom is -0.319 e. The zero-order valence-corrected chi connectivity index (χ0v) is 19.8. The van der Waals surface area contributed by atoms with Gasteiger partial charge in [0.25, 0.3) is 15.9 Å². The summed E-state index contributed by atoms with van der Waals surface area (Å²) in [5.41, 5.74) is 2.06. The molecule has 0 heterocycles. The molecule has 0 radical (unpaired) electrons. The molecule has 0 saturated heterocycles. The van der Waals surface area contributed by atoms with Crippen LogP contribution in [0.3, 0.4) is 0 Å². The van der Waals surface area contributed by atoms with Crippen molar-refractivity contribution in [1.29, 1.82) is 0 Å². The van der Waals surface area contributed by atoms with Gasteiger partial charge in [-0.25, -0.2) is 17.2 Å². The van der Waals surface area contributed by atoms with Crippen molar-refractivity contribution in [3.05, 3.63) is 114 Å². The van der Waals surface area contributed by atoms with E-state index in [1.54, 1.807) is 42.5 Å². The zero-order chi connectivity index (χ0) is 25.2. The molecule has 0 fully saturated rings. The van der Waals surface area contributed by atoms with E-state index >= 15 is 0 Å². The van der Waals surface area contributed by atoms with Gasteiger partial charge in [0.15, 0.2) is 0 Å². The molecule has 0 unspecified atom stereocenters. The zero-order valence-electron chi connectivity index (χ0n) is 19.0. The Kier molecular flexibility index (Phi) is 6.66. The van der Waals surface area contributed by atoms with Gasteiger partial charge < -0.3 is 5.32 Å². The molecule has 178 valence electrons. The Morgan fingerprint density at radius 3 is 2.11 bits per heavy atom. The van der Waals surface area contributed by atoms with Crippen molar-refractivity contribution in [3.63, 3.8) is 0 Å². The lowest BCUT2D eigenvalue weighted by atomic mass is 10.0. The van der Waals surface area contributed by atoms with Gasteiger partial charge in [-0.15, -0.1) is 0 Å². The number of amides is 1. The molecule has 0 aliphatic heterocycles. The van der Waals surface area contributed by atoms with E-state index in [-0.39, 0.29) is 21.7 Å². The molecule has 0 bridgehead atoms. The molecule has 0 aliphatic rings. The molecule has 0 aromatic heterocycles. The van der Waals surface area contributed by atoms with Crippen LogP contribution in [0.25, 0.3) is 11.1 Å². The molecule has 0 saturated carbocycles. The van der Waals surface area contributed by atoms with Gasteiger partial charge in [-0.3, -0.25) is 9.10 Å². The summed E-state index contributed by atoms with van der Waals surface area (Å²) < 4.78 is 55.5. The van der Waals surface area contributed by atoms with Crippen LogP contribution in [0.5, 0.6) is 0 Å². The molecule has 1 N–H and O–H groups in total. The molecule has 8 heteroatoms. The molecule has 0 atom stereocenters. The fraction of sp³-hybridized carbons (Fsp3) is 0.0741. The van der Waals surface area contributed by atoms with E-state index in [2.05, 4.69) is 5.32 Å². The summed E-state index contributed by atoms with van der Waals surface area (Å²) in [6.07, 6.45) is 0. The van der Waals surface area contributed by atoms with E-state index in [0.29, 0.717) is 17.3 Å². The number of aryl methyl sites for hydroxylation is 1. The van der Waals surface area contributed by atoms with E-state index in [4.69, 9.17) is 0 Å². The van der Waals surface area contributed by atoms with Crippen LogP contribution < -0.4 is 9.62 Å². The molecular formula is C27H22F2N2O3S. The lowest BCUT2D eigenvalue weighted by Gasteiger charge is -2.20. The summed E-state index contributed by atoms with van der Waals surface area (Å²) in [4.78, 5) is 13.0. The number of rotatable bonds is 6. The van der Waals surface area contributed by atoms with E-state index < -0.39 is 27.6 Å². The van der Waals surface area contributed by atoms with Crippen molar-refractivity contribution in [2.45, 2.75) is 11.8 Å². The Morgan fingerprint density at radius 2 is 1.49 bits per heavy atom. The van der Waals surface area contributed by atoms with Crippen LogP contribution in [-0.2, 0) is 10.0 Å². The van der Waals surface area contributed by atoms with Gasteiger partial charge in [0.05, 0.1) is 16.3 Å². The molecular weight excluding hydrogens is 470 g/mol. The normalized spacial score (nSPS) is 11.2. The molecule has 4 aromatic carbocycles. The first-order valence-corrected chi connectivity index (χ1v) is 12.1. The fourth-order valence-corrected chi connectivity index (χ4v) is 4.76. The summed E-state index contributed by atoms with van der Waals surface area (Å²) in [5, 5.41) is 2.52. The Morgan fingerprint density at radius 1 is 0.857 bits per heavy atom. The second kappa shape index (κ2) is 9.68. The van der Waals surface area contributed by atoms with Crippen LogP contribution in [-0.4, -0.2) is 21.4 Å². The van der Waals surface area contributed by atoms with Crippen LogP contribution >= 0.6 is 0 Å². The van der Waals surface area contributed by atoms with Crippen molar-refractivity contribution < 1.29 is 22.0 Å². The third kappa shape index (κ3) is 5.07. The highest BCUT2D eigenvalue weighted by molar-refractivity contribution is 7.92. The van der Waals surface area contributed by atoms with Crippen LogP contribution in [0.2, 0.25) is 0 Å². The number of hydrogen-bond acceptors (Lipinski definition) is 3. The first-order chi connectivity index (χ1) is 16.7. The van der Waals surface area contributed by atoms with Crippen LogP contribution in [0, 0.1) is 18.6 Å². The van der Waals surface area contributed by atoms with Gasteiger partial charge in [0.2, 0.25) is 0 Å². The Hall–Kier alpha value is -4.04. The fourth-order valence-electron chi connectivity index (χ4n) is 3.56. The van der Waals surface area contributed by atoms with Crippen LogP contribution in [0.4, 0.5) is 20.2 Å². The predicted molar refractivity (Wildman–Crippen MR) is 133 cm³/mol. The average molecular weight is 493 g/mol. The molecule has 0 spiro atoms. The second-order valence-electron chi connectivity index (χ2n) is 7.96. The SMILES string of the molecule is Cc1ccc(S(=O)(=O)N(C)c2ccc(C(=O)Nc3c(F)cc(F)cc3-c3ccccc3)cc2)cc1. The number of sulfonamides is 1. The average Bonchev–Trinajstić information content (AvgIpc) is 2.86.